The van der Waals surface area contributed by atoms with E-state index in [1.807, 2.05) is 6.92 Å². The Morgan fingerprint density at radius 1 is 1.29 bits per heavy atom. The molecule has 0 saturated carbocycles. The summed E-state index contributed by atoms with van der Waals surface area (Å²) < 4.78 is 23.6. The number of unbranched alkanes of at least 4 members (excludes halogenated alkanes) is 1. The van der Waals surface area contributed by atoms with E-state index >= 15 is 0 Å². The highest BCUT2D eigenvalue weighted by atomic mass is 35.5. The Morgan fingerprint density at radius 2 is 1.95 bits per heavy atom. The van der Waals surface area contributed by atoms with Gasteiger partial charge in [-0.05, 0) is 18.6 Å². The predicted molar refractivity (Wildman–Crippen MR) is 86.0 cm³/mol. The van der Waals surface area contributed by atoms with E-state index in [4.69, 9.17) is 23.2 Å². The quantitative estimate of drug-likeness (QED) is 0.739. The summed E-state index contributed by atoms with van der Waals surface area (Å²) >= 11 is 11.8. The average Bonchev–Trinajstić information content (AvgIpc) is 2.39. The molecule has 5 nitrogen and oxygen atoms in total. The number of halogens is 2. The van der Waals surface area contributed by atoms with Gasteiger partial charge in [-0.2, -0.15) is 0 Å². The van der Waals surface area contributed by atoms with Crippen LogP contribution in [-0.2, 0) is 14.6 Å². The molecule has 0 bridgehead atoms. The van der Waals surface area contributed by atoms with Crippen LogP contribution in [0.3, 0.4) is 0 Å². The van der Waals surface area contributed by atoms with Gasteiger partial charge in [0.05, 0.1) is 22.3 Å². The zero-order chi connectivity index (χ0) is 16.0. The van der Waals surface area contributed by atoms with Crippen LogP contribution >= 0.6 is 23.2 Å². The Balaban J connectivity index is 2.85. The molecule has 0 unspecified atom stereocenters. The van der Waals surface area contributed by atoms with E-state index in [9.17, 15) is 13.2 Å². The average molecular weight is 353 g/mol. The van der Waals surface area contributed by atoms with Gasteiger partial charge in [0.25, 0.3) is 0 Å². The molecule has 1 amide bonds. The van der Waals surface area contributed by atoms with Crippen LogP contribution in [0.1, 0.15) is 19.8 Å². The molecule has 0 atom stereocenters. The second-order valence-corrected chi connectivity index (χ2v) is 7.31. The fraction of sp³-hybridized carbons (Fsp3) is 0.462. The van der Waals surface area contributed by atoms with E-state index < -0.39 is 9.84 Å². The molecule has 1 aromatic carbocycles. The van der Waals surface area contributed by atoms with Gasteiger partial charge in [0.2, 0.25) is 5.91 Å². The highest BCUT2D eigenvalue weighted by Crippen LogP contribution is 2.34. The first-order chi connectivity index (χ1) is 9.77. The van der Waals surface area contributed by atoms with Crippen molar-refractivity contribution in [3.05, 3.63) is 22.2 Å². The van der Waals surface area contributed by atoms with Crippen molar-refractivity contribution in [1.82, 2.24) is 5.32 Å². The first kappa shape index (κ1) is 18.1. The number of hydrogen-bond acceptors (Lipinski definition) is 4. The van der Waals surface area contributed by atoms with Gasteiger partial charge in [-0.3, -0.25) is 4.79 Å². The van der Waals surface area contributed by atoms with Gasteiger partial charge >= 0.3 is 0 Å². The molecular weight excluding hydrogens is 335 g/mol. The minimum absolute atomic E-state index is 0.0375. The van der Waals surface area contributed by atoms with Crippen molar-refractivity contribution < 1.29 is 13.2 Å². The summed E-state index contributed by atoms with van der Waals surface area (Å²) in [7, 11) is -3.57. The number of amides is 1. The molecule has 8 heteroatoms. The first-order valence-corrected chi connectivity index (χ1v) is 9.10. The van der Waals surface area contributed by atoms with E-state index in [-0.39, 0.29) is 33.1 Å². The van der Waals surface area contributed by atoms with Crippen molar-refractivity contribution in [1.29, 1.82) is 0 Å². The lowest BCUT2D eigenvalue weighted by molar-refractivity contribution is -0.119. The van der Waals surface area contributed by atoms with Crippen molar-refractivity contribution >= 4 is 44.6 Å². The van der Waals surface area contributed by atoms with Crippen molar-refractivity contribution in [3.8, 4) is 0 Å². The van der Waals surface area contributed by atoms with E-state index in [1.54, 1.807) is 0 Å². The molecule has 118 valence electrons. The minimum atomic E-state index is -3.57. The van der Waals surface area contributed by atoms with E-state index in [1.165, 1.54) is 12.1 Å². The number of carbonyl (C=O) groups is 1. The van der Waals surface area contributed by atoms with Gasteiger partial charge in [-0.25, -0.2) is 8.42 Å². The fourth-order valence-corrected chi connectivity index (χ4v) is 3.45. The minimum Gasteiger partial charge on any atom is -0.375 e. The SMILES string of the molecule is CCCCNC(=O)CNc1ccc(Cl)c(Cl)c1S(C)(=O)=O. The van der Waals surface area contributed by atoms with Gasteiger partial charge < -0.3 is 10.6 Å². The van der Waals surface area contributed by atoms with Crippen LogP contribution in [0, 0.1) is 0 Å². The number of anilines is 1. The van der Waals surface area contributed by atoms with Crippen molar-refractivity contribution in [2.24, 2.45) is 0 Å². The molecule has 0 radical (unpaired) electrons. The Hall–Kier alpha value is -0.980. The highest BCUT2D eigenvalue weighted by Gasteiger charge is 2.20. The maximum Gasteiger partial charge on any atom is 0.239 e. The van der Waals surface area contributed by atoms with Gasteiger partial charge in [0.1, 0.15) is 4.90 Å². The third kappa shape index (κ3) is 5.37. The van der Waals surface area contributed by atoms with E-state index in [0.717, 1.165) is 19.1 Å². The maximum atomic E-state index is 11.8. The molecule has 0 aliphatic heterocycles. The fourth-order valence-electron chi connectivity index (χ4n) is 1.68. The van der Waals surface area contributed by atoms with Crippen LogP contribution in [0.2, 0.25) is 10.0 Å². The Bertz CT molecular complexity index is 618. The Labute approximate surface area is 134 Å². The number of hydrogen-bond donors (Lipinski definition) is 2. The van der Waals surface area contributed by atoms with Gasteiger partial charge in [0, 0.05) is 12.8 Å². The normalized spacial score (nSPS) is 11.2. The molecule has 0 fully saturated rings. The van der Waals surface area contributed by atoms with Crippen molar-refractivity contribution in [3.63, 3.8) is 0 Å². The second kappa shape index (κ2) is 7.87. The molecule has 1 rings (SSSR count). The van der Waals surface area contributed by atoms with E-state index in [0.29, 0.717) is 6.54 Å². The molecule has 0 aliphatic carbocycles. The van der Waals surface area contributed by atoms with Crippen molar-refractivity contribution in [2.45, 2.75) is 24.7 Å². The molecule has 0 aliphatic rings. The van der Waals surface area contributed by atoms with Crippen LogP contribution < -0.4 is 10.6 Å². The lowest BCUT2D eigenvalue weighted by Crippen LogP contribution is -2.30. The number of carbonyl (C=O) groups excluding carboxylic acids is 1. The highest BCUT2D eigenvalue weighted by molar-refractivity contribution is 7.91. The Kier molecular flexibility index (Phi) is 6.77. The molecule has 21 heavy (non-hydrogen) atoms. The van der Waals surface area contributed by atoms with Gasteiger partial charge in [0.15, 0.2) is 9.84 Å². The summed E-state index contributed by atoms with van der Waals surface area (Å²) in [5, 5.41) is 5.61. The zero-order valence-electron chi connectivity index (χ0n) is 11.9. The molecule has 1 aromatic rings. The third-order valence-corrected chi connectivity index (χ3v) is 4.79. The standard InChI is InChI=1S/C13H18Cl2N2O3S/c1-3-4-7-16-11(18)8-17-10-6-5-9(14)12(15)13(10)21(2,19)20/h5-6,17H,3-4,7-8H2,1-2H3,(H,16,18). The van der Waals surface area contributed by atoms with Crippen LogP contribution in [0.15, 0.2) is 17.0 Å². The summed E-state index contributed by atoms with van der Waals surface area (Å²) in [6, 6.07) is 2.97. The summed E-state index contributed by atoms with van der Waals surface area (Å²) in [5.74, 6) is -0.214. The third-order valence-electron chi connectivity index (χ3n) is 2.71. The topological polar surface area (TPSA) is 75.3 Å². The van der Waals surface area contributed by atoms with Crippen LogP contribution in [-0.4, -0.2) is 33.7 Å². The Morgan fingerprint density at radius 3 is 2.52 bits per heavy atom. The smallest absolute Gasteiger partial charge is 0.239 e. The second-order valence-electron chi connectivity index (χ2n) is 4.57. The molecule has 0 spiro atoms. The molecule has 0 aromatic heterocycles. The van der Waals surface area contributed by atoms with Gasteiger partial charge in [-0.1, -0.05) is 36.5 Å². The first-order valence-electron chi connectivity index (χ1n) is 6.46. The van der Waals surface area contributed by atoms with Crippen molar-refractivity contribution in [2.75, 3.05) is 24.7 Å². The number of benzene rings is 1. The molecule has 0 saturated heterocycles. The summed E-state index contributed by atoms with van der Waals surface area (Å²) in [6.45, 7) is 2.58. The summed E-state index contributed by atoms with van der Waals surface area (Å²) in [4.78, 5) is 11.5. The zero-order valence-corrected chi connectivity index (χ0v) is 14.2. The summed E-state index contributed by atoms with van der Waals surface area (Å²) in [5.41, 5.74) is 0.262. The van der Waals surface area contributed by atoms with Gasteiger partial charge in [-0.15, -0.1) is 0 Å². The molecular formula is C13H18Cl2N2O3S. The largest absolute Gasteiger partial charge is 0.375 e. The lowest BCUT2D eigenvalue weighted by Gasteiger charge is -2.13. The van der Waals surface area contributed by atoms with Crippen LogP contribution in [0.5, 0.6) is 0 Å². The number of nitrogens with one attached hydrogen (secondary N) is 2. The monoisotopic (exact) mass is 352 g/mol. The van der Waals surface area contributed by atoms with E-state index in [2.05, 4.69) is 10.6 Å². The maximum absolute atomic E-state index is 11.8. The summed E-state index contributed by atoms with van der Waals surface area (Å²) in [6.07, 6.45) is 2.92. The predicted octanol–water partition coefficient (Wildman–Crippen LogP) is 2.73. The number of sulfone groups is 1. The van der Waals surface area contributed by atoms with Crippen LogP contribution in [0.4, 0.5) is 5.69 Å². The molecule has 0 heterocycles. The number of rotatable bonds is 7. The van der Waals surface area contributed by atoms with Crippen LogP contribution in [0.25, 0.3) is 0 Å². The molecule has 2 N–H and O–H groups in total. The lowest BCUT2D eigenvalue weighted by atomic mass is 10.3.